The van der Waals surface area contributed by atoms with Crippen LogP contribution >= 0.6 is 11.6 Å². The van der Waals surface area contributed by atoms with Crippen molar-refractivity contribution in [1.82, 2.24) is 5.43 Å². The molecule has 0 heterocycles. The van der Waals surface area contributed by atoms with Crippen molar-refractivity contribution in [2.24, 2.45) is 5.10 Å². The van der Waals surface area contributed by atoms with Crippen molar-refractivity contribution in [3.8, 4) is 17.2 Å². The lowest BCUT2D eigenvalue weighted by atomic mass is 10.2. The van der Waals surface area contributed by atoms with Crippen LogP contribution in [-0.4, -0.2) is 48.4 Å². The van der Waals surface area contributed by atoms with E-state index in [2.05, 4.69) is 10.5 Å². The molecule has 0 aliphatic heterocycles. The molecule has 3 aromatic carbocycles. The predicted octanol–water partition coefficient (Wildman–Crippen LogP) is 3.71. The van der Waals surface area contributed by atoms with Crippen LogP contribution in [-0.2, 0) is 14.8 Å². The summed E-state index contributed by atoms with van der Waals surface area (Å²) in [5.74, 6) is 0.946. The fourth-order valence-electron chi connectivity index (χ4n) is 3.06. The van der Waals surface area contributed by atoms with Crippen molar-refractivity contribution in [2.75, 3.05) is 32.2 Å². The molecule has 0 radical (unpaired) electrons. The summed E-state index contributed by atoms with van der Waals surface area (Å²) in [5.41, 5.74) is 3.21. The molecule has 3 aromatic rings. The minimum atomic E-state index is -4.09. The minimum Gasteiger partial charge on any atom is -0.497 e. The van der Waals surface area contributed by atoms with Gasteiger partial charge in [0.2, 0.25) is 0 Å². The number of ether oxygens (including phenoxy) is 3. The molecule has 0 spiro atoms. The van der Waals surface area contributed by atoms with Gasteiger partial charge >= 0.3 is 0 Å². The summed E-state index contributed by atoms with van der Waals surface area (Å²) in [4.78, 5) is 12.7. The largest absolute Gasteiger partial charge is 0.497 e. The molecule has 1 N–H and O–H groups in total. The first-order valence-electron chi connectivity index (χ1n) is 10.2. The molecule has 0 saturated heterocycles. The van der Waals surface area contributed by atoms with Gasteiger partial charge in [0.15, 0.2) is 0 Å². The summed E-state index contributed by atoms with van der Waals surface area (Å²) >= 11 is 5.96. The second-order valence-electron chi connectivity index (χ2n) is 7.06. The smallest absolute Gasteiger partial charge is 0.264 e. The average molecular weight is 518 g/mol. The van der Waals surface area contributed by atoms with Crippen molar-refractivity contribution in [3.63, 3.8) is 0 Å². The summed E-state index contributed by atoms with van der Waals surface area (Å²) < 4.78 is 43.3. The Hall–Kier alpha value is -3.76. The van der Waals surface area contributed by atoms with Gasteiger partial charge in [0.1, 0.15) is 23.8 Å². The number of rotatable bonds is 10. The molecular weight excluding hydrogens is 494 g/mol. The Kier molecular flexibility index (Phi) is 8.56. The molecule has 35 heavy (non-hydrogen) atoms. The standard InChI is InChI=1S/C24H24ClN3O6S/c1-32-20-10-12-22(13-11-20)35(30,31)28(19-7-5-18(25)6-8-19)16-24(29)27-26-15-17-4-9-21(33-2)14-23(17)34-3/h4-15H,16H2,1-3H3,(H,27,29)/b26-15-. The topological polar surface area (TPSA) is 107 Å². The maximum Gasteiger partial charge on any atom is 0.264 e. The fraction of sp³-hybridized carbons (Fsp3) is 0.167. The zero-order chi connectivity index (χ0) is 25.4. The highest BCUT2D eigenvalue weighted by Crippen LogP contribution is 2.26. The number of nitrogens with zero attached hydrogens (tertiary/aromatic N) is 2. The molecule has 9 nitrogen and oxygen atoms in total. The normalized spacial score (nSPS) is 11.2. The molecule has 1 amide bonds. The zero-order valence-electron chi connectivity index (χ0n) is 19.3. The highest BCUT2D eigenvalue weighted by molar-refractivity contribution is 7.92. The first kappa shape index (κ1) is 25.9. The molecule has 3 rings (SSSR count). The SMILES string of the molecule is COc1ccc(S(=O)(=O)N(CC(=O)N/N=C\c2ccc(OC)cc2OC)c2ccc(Cl)cc2)cc1. The number of hydrogen-bond acceptors (Lipinski definition) is 7. The third-order valence-electron chi connectivity index (χ3n) is 4.88. The second-order valence-corrected chi connectivity index (χ2v) is 9.36. The first-order valence-corrected chi connectivity index (χ1v) is 12.1. The van der Waals surface area contributed by atoms with Crippen molar-refractivity contribution in [2.45, 2.75) is 4.90 Å². The molecule has 0 aromatic heterocycles. The van der Waals surface area contributed by atoms with Crippen LogP contribution in [0.3, 0.4) is 0 Å². The molecule has 0 saturated carbocycles. The van der Waals surface area contributed by atoms with E-state index in [1.807, 2.05) is 0 Å². The quantitative estimate of drug-likeness (QED) is 0.324. The number of amides is 1. The summed E-state index contributed by atoms with van der Waals surface area (Å²) in [6, 6.07) is 17.1. The maximum absolute atomic E-state index is 13.4. The van der Waals surface area contributed by atoms with Gasteiger partial charge in [-0.15, -0.1) is 0 Å². The van der Waals surface area contributed by atoms with Crippen LogP contribution in [0.2, 0.25) is 5.02 Å². The van der Waals surface area contributed by atoms with Crippen molar-refractivity contribution in [1.29, 1.82) is 0 Å². The Labute approximate surface area is 208 Å². The summed E-state index contributed by atoms with van der Waals surface area (Å²) in [5, 5.41) is 4.37. The number of hydrazone groups is 1. The predicted molar refractivity (Wildman–Crippen MR) is 134 cm³/mol. The van der Waals surface area contributed by atoms with Crippen LogP contribution in [0, 0.1) is 0 Å². The zero-order valence-corrected chi connectivity index (χ0v) is 20.8. The number of carbonyl (C=O) groups excluding carboxylic acids is 1. The molecule has 0 fully saturated rings. The van der Waals surface area contributed by atoms with Crippen molar-refractivity contribution >= 4 is 39.4 Å². The van der Waals surface area contributed by atoms with Gasteiger partial charge in [-0.3, -0.25) is 9.10 Å². The van der Waals surface area contributed by atoms with Gasteiger partial charge in [0, 0.05) is 16.7 Å². The number of carbonyl (C=O) groups is 1. The molecule has 0 unspecified atom stereocenters. The molecule has 0 atom stereocenters. The molecule has 0 aliphatic rings. The highest BCUT2D eigenvalue weighted by atomic mass is 35.5. The van der Waals surface area contributed by atoms with E-state index in [1.54, 1.807) is 30.3 Å². The van der Waals surface area contributed by atoms with Crippen LogP contribution < -0.4 is 23.9 Å². The van der Waals surface area contributed by atoms with Crippen LogP contribution in [0.5, 0.6) is 17.2 Å². The number of halogens is 1. The van der Waals surface area contributed by atoms with Gasteiger partial charge in [-0.25, -0.2) is 13.8 Å². The van der Waals surface area contributed by atoms with Crippen LogP contribution in [0.4, 0.5) is 5.69 Å². The Bertz CT molecular complexity index is 1300. The lowest BCUT2D eigenvalue weighted by Crippen LogP contribution is -2.39. The van der Waals surface area contributed by atoms with Crippen LogP contribution in [0.1, 0.15) is 5.56 Å². The van der Waals surface area contributed by atoms with Crippen LogP contribution in [0.15, 0.2) is 76.7 Å². The fourth-order valence-corrected chi connectivity index (χ4v) is 4.61. The van der Waals surface area contributed by atoms with E-state index in [9.17, 15) is 13.2 Å². The van der Waals surface area contributed by atoms with E-state index in [0.29, 0.717) is 27.8 Å². The van der Waals surface area contributed by atoms with Gasteiger partial charge in [0.25, 0.3) is 15.9 Å². The van der Waals surface area contributed by atoms with E-state index in [0.717, 1.165) is 4.31 Å². The first-order chi connectivity index (χ1) is 16.8. The summed E-state index contributed by atoms with van der Waals surface area (Å²) in [7, 11) is 0.423. The molecule has 0 aliphatic carbocycles. The van der Waals surface area contributed by atoms with E-state index < -0.39 is 22.5 Å². The number of benzene rings is 3. The Morgan fingerprint density at radius 2 is 1.57 bits per heavy atom. The second kappa shape index (κ2) is 11.6. The third-order valence-corrected chi connectivity index (χ3v) is 6.92. The van der Waals surface area contributed by atoms with E-state index in [4.69, 9.17) is 25.8 Å². The van der Waals surface area contributed by atoms with Gasteiger partial charge in [-0.2, -0.15) is 5.10 Å². The molecule has 0 bridgehead atoms. The van der Waals surface area contributed by atoms with Crippen molar-refractivity contribution < 1.29 is 27.4 Å². The Morgan fingerprint density at radius 3 is 2.17 bits per heavy atom. The lowest BCUT2D eigenvalue weighted by Gasteiger charge is -2.23. The van der Waals surface area contributed by atoms with E-state index in [1.165, 1.54) is 63.9 Å². The molecular formula is C24H24ClN3O6S. The molecule has 184 valence electrons. The minimum absolute atomic E-state index is 0.00693. The van der Waals surface area contributed by atoms with Crippen LogP contribution in [0.25, 0.3) is 0 Å². The number of nitrogens with one attached hydrogen (secondary N) is 1. The number of methoxy groups -OCH3 is 3. The number of sulfonamides is 1. The van der Waals surface area contributed by atoms with E-state index in [-0.39, 0.29) is 10.6 Å². The van der Waals surface area contributed by atoms with Gasteiger partial charge in [0.05, 0.1) is 38.1 Å². The Morgan fingerprint density at radius 1 is 0.943 bits per heavy atom. The van der Waals surface area contributed by atoms with E-state index >= 15 is 0 Å². The number of hydrogen-bond donors (Lipinski definition) is 1. The van der Waals surface area contributed by atoms with Gasteiger partial charge in [-0.1, -0.05) is 11.6 Å². The monoisotopic (exact) mass is 517 g/mol. The number of anilines is 1. The lowest BCUT2D eigenvalue weighted by molar-refractivity contribution is -0.119. The van der Waals surface area contributed by atoms with Gasteiger partial charge in [-0.05, 0) is 60.7 Å². The molecule has 11 heteroatoms. The summed E-state index contributed by atoms with van der Waals surface area (Å²) in [6.45, 7) is -0.521. The Balaban J connectivity index is 1.83. The highest BCUT2D eigenvalue weighted by Gasteiger charge is 2.27. The summed E-state index contributed by atoms with van der Waals surface area (Å²) in [6.07, 6.45) is 1.39. The van der Waals surface area contributed by atoms with Gasteiger partial charge < -0.3 is 14.2 Å². The maximum atomic E-state index is 13.4. The van der Waals surface area contributed by atoms with Crippen molar-refractivity contribution in [3.05, 3.63) is 77.3 Å². The average Bonchev–Trinajstić information content (AvgIpc) is 2.88. The third kappa shape index (κ3) is 6.43.